The highest BCUT2D eigenvalue weighted by Gasteiger charge is 2.33. The summed E-state index contributed by atoms with van der Waals surface area (Å²) in [6, 6.07) is 12.1. The van der Waals surface area contributed by atoms with Gasteiger partial charge in [0.1, 0.15) is 6.04 Å². The zero-order valence-electron chi connectivity index (χ0n) is 12.9. The first kappa shape index (κ1) is 18.3. The summed E-state index contributed by atoms with van der Waals surface area (Å²) in [4.78, 5) is 12.0. The summed E-state index contributed by atoms with van der Waals surface area (Å²) >= 11 is 5.82. The zero-order valence-corrected chi connectivity index (χ0v) is 13.7. The predicted octanol–water partition coefficient (Wildman–Crippen LogP) is 3.62. The molecule has 0 heterocycles. The second-order valence-electron chi connectivity index (χ2n) is 5.37. The number of carbonyl (C=O) groups excluding carboxylic acids is 1. The molecule has 7 heteroatoms. The van der Waals surface area contributed by atoms with Gasteiger partial charge in [0.05, 0.1) is 11.3 Å². The molecular formula is C17H17ClF3N2O+. The molecule has 0 fully saturated rings. The molecule has 0 aromatic heterocycles. The normalized spacial score (nSPS) is 12.7. The standard InChI is InChI=1S/C17H16ClF3N2O/c1-11(12-6-8-13(18)9-7-12)22-10-16(24)23-15-5-3-2-4-14(15)17(19,20)21/h2-9,11,22H,10H2,1H3,(H,23,24)/p+1/t11-/m1/s1. The number of amides is 1. The van der Waals surface area contributed by atoms with Crippen molar-refractivity contribution in [1.29, 1.82) is 0 Å². The van der Waals surface area contributed by atoms with Crippen molar-refractivity contribution in [2.24, 2.45) is 0 Å². The van der Waals surface area contributed by atoms with Crippen molar-refractivity contribution in [3.63, 3.8) is 0 Å². The molecule has 0 unspecified atom stereocenters. The third kappa shape index (κ3) is 4.97. The van der Waals surface area contributed by atoms with Crippen LogP contribution in [0.4, 0.5) is 18.9 Å². The molecule has 1 atom stereocenters. The molecule has 3 nitrogen and oxygen atoms in total. The lowest BCUT2D eigenvalue weighted by Crippen LogP contribution is -2.86. The van der Waals surface area contributed by atoms with Crippen LogP contribution in [0.15, 0.2) is 48.5 Å². The van der Waals surface area contributed by atoms with Crippen LogP contribution in [0.3, 0.4) is 0 Å². The Balaban J connectivity index is 1.96. The molecule has 3 N–H and O–H groups in total. The molecule has 0 bridgehead atoms. The third-order valence-electron chi connectivity index (χ3n) is 3.56. The van der Waals surface area contributed by atoms with Crippen LogP contribution in [-0.4, -0.2) is 12.5 Å². The van der Waals surface area contributed by atoms with Gasteiger partial charge in [0, 0.05) is 10.6 Å². The Morgan fingerprint density at radius 1 is 1.17 bits per heavy atom. The molecular weight excluding hydrogens is 341 g/mol. The van der Waals surface area contributed by atoms with Crippen LogP contribution in [0.25, 0.3) is 0 Å². The molecule has 0 aliphatic rings. The molecule has 0 saturated heterocycles. The van der Waals surface area contributed by atoms with E-state index in [9.17, 15) is 18.0 Å². The second-order valence-corrected chi connectivity index (χ2v) is 5.81. The van der Waals surface area contributed by atoms with E-state index in [1.54, 1.807) is 17.4 Å². The van der Waals surface area contributed by atoms with E-state index in [4.69, 9.17) is 11.6 Å². The lowest BCUT2D eigenvalue weighted by Gasteiger charge is -2.14. The Morgan fingerprint density at radius 3 is 2.42 bits per heavy atom. The fourth-order valence-electron chi connectivity index (χ4n) is 2.23. The van der Waals surface area contributed by atoms with E-state index < -0.39 is 17.6 Å². The first-order chi connectivity index (χ1) is 11.3. The molecule has 0 aliphatic heterocycles. The van der Waals surface area contributed by atoms with Gasteiger partial charge in [-0.1, -0.05) is 35.9 Å². The number of halogens is 4. The van der Waals surface area contributed by atoms with Gasteiger partial charge < -0.3 is 10.6 Å². The summed E-state index contributed by atoms with van der Waals surface area (Å²) in [5, 5.41) is 4.68. The van der Waals surface area contributed by atoms with Crippen LogP contribution >= 0.6 is 11.6 Å². The van der Waals surface area contributed by atoms with E-state index in [1.807, 2.05) is 19.1 Å². The lowest BCUT2D eigenvalue weighted by molar-refractivity contribution is -0.682. The Labute approximate surface area is 142 Å². The molecule has 0 aliphatic carbocycles. The minimum absolute atomic E-state index is 0.00991. The Hall–Kier alpha value is -2.05. The summed E-state index contributed by atoms with van der Waals surface area (Å²) < 4.78 is 38.7. The fourth-order valence-corrected chi connectivity index (χ4v) is 2.35. The summed E-state index contributed by atoms with van der Waals surface area (Å²) in [6.45, 7) is 1.91. The monoisotopic (exact) mass is 357 g/mol. The minimum atomic E-state index is -4.51. The summed E-state index contributed by atoms with van der Waals surface area (Å²) in [5.74, 6) is -0.493. The molecule has 2 rings (SSSR count). The second kappa shape index (κ2) is 7.68. The number of alkyl halides is 3. The van der Waals surface area contributed by atoms with Gasteiger partial charge in [0.25, 0.3) is 5.91 Å². The maximum Gasteiger partial charge on any atom is 0.418 e. The van der Waals surface area contributed by atoms with Gasteiger partial charge in [-0.25, -0.2) is 0 Å². The number of hydrogen-bond donors (Lipinski definition) is 2. The average Bonchev–Trinajstić information content (AvgIpc) is 2.53. The van der Waals surface area contributed by atoms with E-state index in [1.165, 1.54) is 18.2 Å². The molecule has 0 saturated carbocycles. The Kier molecular flexibility index (Phi) is 5.85. The molecule has 128 valence electrons. The number of hydrogen-bond acceptors (Lipinski definition) is 1. The van der Waals surface area contributed by atoms with E-state index in [-0.39, 0.29) is 18.3 Å². The molecule has 1 amide bonds. The number of anilines is 1. The van der Waals surface area contributed by atoms with Crippen LogP contribution in [0.5, 0.6) is 0 Å². The smallest absolute Gasteiger partial charge is 0.333 e. The zero-order chi connectivity index (χ0) is 17.7. The van der Waals surface area contributed by atoms with Gasteiger partial charge >= 0.3 is 6.18 Å². The summed E-state index contributed by atoms with van der Waals surface area (Å²) in [6.07, 6.45) is -4.51. The highest BCUT2D eigenvalue weighted by Crippen LogP contribution is 2.34. The number of benzene rings is 2. The van der Waals surface area contributed by atoms with Gasteiger partial charge in [0.2, 0.25) is 0 Å². The highest BCUT2D eigenvalue weighted by molar-refractivity contribution is 6.30. The quantitative estimate of drug-likeness (QED) is 0.843. The van der Waals surface area contributed by atoms with E-state index in [0.29, 0.717) is 5.02 Å². The SMILES string of the molecule is C[C@@H]([NH2+]CC(=O)Nc1ccccc1C(F)(F)F)c1ccc(Cl)cc1. The lowest BCUT2D eigenvalue weighted by atomic mass is 10.1. The number of rotatable bonds is 5. The Bertz CT molecular complexity index is 702. The van der Waals surface area contributed by atoms with Gasteiger partial charge in [-0.15, -0.1) is 0 Å². The predicted molar refractivity (Wildman–Crippen MR) is 86.7 cm³/mol. The summed E-state index contributed by atoms with van der Waals surface area (Å²) in [7, 11) is 0. The molecule has 2 aromatic rings. The molecule has 0 spiro atoms. The summed E-state index contributed by atoms with van der Waals surface area (Å²) in [5.41, 5.74) is -0.116. The van der Waals surface area contributed by atoms with Crippen molar-refractivity contribution >= 4 is 23.2 Å². The van der Waals surface area contributed by atoms with Crippen LogP contribution in [-0.2, 0) is 11.0 Å². The Morgan fingerprint density at radius 2 is 1.79 bits per heavy atom. The fraction of sp³-hybridized carbons (Fsp3) is 0.235. The number of para-hydroxylation sites is 1. The van der Waals surface area contributed by atoms with Gasteiger partial charge in [-0.05, 0) is 31.2 Å². The van der Waals surface area contributed by atoms with Gasteiger partial charge in [-0.3, -0.25) is 4.79 Å². The van der Waals surface area contributed by atoms with Crippen LogP contribution in [0.1, 0.15) is 24.1 Å². The molecule has 2 aromatic carbocycles. The van der Waals surface area contributed by atoms with Crippen LogP contribution in [0.2, 0.25) is 5.02 Å². The van der Waals surface area contributed by atoms with Crippen molar-refractivity contribution in [3.05, 3.63) is 64.7 Å². The maximum atomic E-state index is 12.9. The van der Waals surface area contributed by atoms with Crippen LogP contribution < -0.4 is 10.6 Å². The average molecular weight is 358 g/mol. The number of nitrogens with two attached hydrogens (primary N) is 1. The largest absolute Gasteiger partial charge is 0.418 e. The topological polar surface area (TPSA) is 45.7 Å². The highest BCUT2D eigenvalue weighted by atomic mass is 35.5. The third-order valence-corrected chi connectivity index (χ3v) is 3.81. The first-order valence-electron chi connectivity index (χ1n) is 7.32. The van der Waals surface area contributed by atoms with E-state index in [0.717, 1.165) is 11.6 Å². The van der Waals surface area contributed by atoms with Crippen molar-refractivity contribution in [3.8, 4) is 0 Å². The number of nitrogens with one attached hydrogen (secondary N) is 1. The van der Waals surface area contributed by atoms with Crippen molar-refractivity contribution in [1.82, 2.24) is 0 Å². The number of carbonyl (C=O) groups is 1. The van der Waals surface area contributed by atoms with Crippen LogP contribution in [0, 0.1) is 0 Å². The first-order valence-corrected chi connectivity index (χ1v) is 7.70. The maximum absolute atomic E-state index is 12.9. The van der Waals surface area contributed by atoms with Gasteiger partial charge in [0.15, 0.2) is 6.54 Å². The van der Waals surface area contributed by atoms with E-state index >= 15 is 0 Å². The van der Waals surface area contributed by atoms with Crippen molar-refractivity contribution in [2.45, 2.75) is 19.1 Å². The van der Waals surface area contributed by atoms with Crippen molar-refractivity contribution in [2.75, 3.05) is 11.9 Å². The minimum Gasteiger partial charge on any atom is -0.333 e. The number of quaternary nitrogens is 1. The van der Waals surface area contributed by atoms with E-state index in [2.05, 4.69) is 5.32 Å². The molecule has 0 radical (unpaired) electrons. The van der Waals surface area contributed by atoms with Gasteiger partial charge in [-0.2, -0.15) is 13.2 Å². The van der Waals surface area contributed by atoms with Crippen molar-refractivity contribution < 1.29 is 23.3 Å². The molecule has 24 heavy (non-hydrogen) atoms.